The molecule has 33 heavy (non-hydrogen) atoms. The molecule has 5 rings (SSSR count). The van der Waals surface area contributed by atoms with E-state index in [2.05, 4.69) is 5.32 Å². The highest BCUT2D eigenvalue weighted by molar-refractivity contribution is 6.30. The fourth-order valence-electron chi connectivity index (χ4n) is 5.41. The minimum Gasteiger partial charge on any atom is -0.343 e. The Morgan fingerprint density at radius 2 is 1.82 bits per heavy atom. The van der Waals surface area contributed by atoms with Gasteiger partial charge in [-0.1, -0.05) is 41.9 Å². The van der Waals surface area contributed by atoms with Crippen LogP contribution in [0.25, 0.3) is 0 Å². The average molecular weight is 467 g/mol. The third-order valence-electron chi connectivity index (χ3n) is 6.88. The van der Waals surface area contributed by atoms with Crippen LogP contribution >= 0.6 is 11.6 Å². The number of rotatable bonds is 7. The molecule has 2 saturated heterocycles. The fourth-order valence-corrected chi connectivity index (χ4v) is 5.53. The summed E-state index contributed by atoms with van der Waals surface area (Å²) in [6, 6.07) is 14.9. The van der Waals surface area contributed by atoms with Gasteiger partial charge < -0.3 is 20.0 Å². The Balaban J connectivity index is 1.35. The second-order valence-electron chi connectivity index (χ2n) is 8.74. The van der Waals surface area contributed by atoms with E-state index in [0.717, 1.165) is 30.5 Å². The molecule has 1 unspecified atom stereocenters. The minimum absolute atomic E-state index is 0.0564. The quantitative estimate of drug-likeness (QED) is 0.636. The zero-order valence-electron chi connectivity index (χ0n) is 18.4. The maximum atomic E-state index is 13.5. The van der Waals surface area contributed by atoms with Gasteiger partial charge in [0.25, 0.3) is 5.91 Å². The van der Waals surface area contributed by atoms with E-state index in [1.54, 1.807) is 17.0 Å². The maximum absolute atomic E-state index is 13.5. The topological polar surface area (TPSA) is 73.0 Å². The lowest BCUT2D eigenvalue weighted by atomic mass is 9.90. The van der Waals surface area contributed by atoms with Gasteiger partial charge in [-0.3, -0.25) is 14.4 Å². The number of benzene rings is 2. The van der Waals surface area contributed by atoms with Gasteiger partial charge in [0.1, 0.15) is 0 Å². The van der Waals surface area contributed by atoms with Crippen LogP contribution in [0, 0.1) is 0 Å². The van der Waals surface area contributed by atoms with E-state index in [0.29, 0.717) is 43.2 Å². The zero-order valence-corrected chi connectivity index (χ0v) is 19.2. The molecular formula is C25H27ClN4O3. The normalized spacial score (nSPS) is 21.7. The van der Waals surface area contributed by atoms with Crippen molar-refractivity contribution in [1.82, 2.24) is 20.0 Å². The van der Waals surface area contributed by atoms with Crippen LogP contribution in [-0.2, 0) is 15.3 Å². The summed E-state index contributed by atoms with van der Waals surface area (Å²) >= 11 is 6.15. The Labute approximate surface area is 198 Å². The second-order valence-corrected chi connectivity index (χ2v) is 9.18. The molecule has 2 aromatic rings. The molecule has 0 bridgehead atoms. The first-order valence-corrected chi connectivity index (χ1v) is 11.9. The molecule has 3 amide bonds. The van der Waals surface area contributed by atoms with Gasteiger partial charge in [-0.2, -0.15) is 0 Å². The van der Waals surface area contributed by atoms with Crippen LogP contribution in [0.3, 0.4) is 0 Å². The van der Waals surface area contributed by atoms with Crippen molar-refractivity contribution in [1.29, 1.82) is 0 Å². The van der Waals surface area contributed by atoms with Gasteiger partial charge in [0.2, 0.25) is 11.8 Å². The lowest BCUT2D eigenvalue weighted by Gasteiger charge is -2.40. The molecule has 0 aliphatic carbocycles. The molecule has 3 heterocycles. The lowest BCUT2D eigenvalue weighted by Crippen LogP contribution is -2.53. The van der Waals surface area contributed by atoms with Crippen LogP contribution in [0.15, 0.2) is 48.5 Å². The highest BCUT2D eigenvalue weighted by Gasteiger charge is 2.59. The number of halogens is 1. The summed E-state index contributed by atoms with van der Waals surface area (Å²) in [6.07, 6.45) is 2.38. The largest absolute Gasteiger partial charge is 0.343 e. The summed E-state index contributed by atoms with van der Waals surface area (Å²) in [5.41, 5.74) is 1.35. The molecule has 2 aromatic carbocycles. The Morgan fingerprint density at radius 3 is 2.58 bits per heavy atom. The predicted molar refractivity (Wildman–Crippen MR) is 125 cm³/mol. The Bertz CT molecular complexity index is 1090. The number of amides is 3. The molecule has 1 atom stereocenters. The van der Waals surface area contributed by atoms with Crippen LogP contribution in [0.1, 0.15) is 40.7 Å². The lowest BCUT2D eigenvalue weighted by molar-refractivity contribution is -0.135. The smallest absolute Gasteiger partial charge is 0.256 e. The van der Waals surface area contributed by atoms with E-state index < -0.39 is 5.66 Å². The summed E-state index contributed by atoms with van der Waals surface area (Å²) in [7, 11) is 0. The third-order valence-corrected chi connectivity index (χ3v) is 7.14. The van der Waals surface area contributed by atoms with Gasteiger partial charge in [0.05, 0.1) is 6.54 Å². The fraction of sp³-hybridized carbons (Fsp3) is 0.400. The molecule has 3 aliphatic heterocycles. The number of carbonyl (C=O) groups excluding carboxylic acids is 3. The van der Waals surface area contributed by atoms with Gasteiger partial charge in [-0.05, 0) is 37.6 Å². The Kier molecular flexibility index (Phi) is 5.85. The summed E-state index contributed by atoms with van der Waals surface area (Å²) in [5, 5.41) is 3.84. The zero-order chi connectivity index (χ0) is 23.0. The van der Waals surface area contributed by atoms with Crippen LogP contribution in [0.2, 0.25) is 5.02 Å². The Morgan fingerprint density at radius 1 is 1.03 bits per heavy atom. The van der Waals surface area contributed by atoms with Crippen molar-refractivity contribution in [2.45, 2.75) is 24.9 Å². The van der Waals surface area contributed by atoms with E-state index in [1.165, 1.54) is 0 Å². The van der Waals surface area contributed by atoms with Gasteiger partial charge in [0.15, 0.2) is 5.66 Å². The SMILES string of the molecule is O=C1CCCN1CCCNCC(=O)N1CCN2C(=O)c3ccccc3C12c1ccc(Cl)cc1. The van der Waals surface area contributed by atoms with E-state index in [9.17, 15) is 14.4 Å². The van der Waals surface area contributed by atoms with Crippen molar-refractivity contribution in [2.75, 3.05) is 39.3 Å². The molecule has 172 valence electrons. The molecule has 0 radical (unpaired) electrons. The summed E-state index contributed by atoms with van der Waals surface area (Å²) < 4.78 is 0. The van der Waals surface area contributed by atoms with Crippen LogP contribution in [-0.4, -0.2) is 71.7 Å². The Hall–Kier alpha value is -2.90. The number of hydrogen-bond donors (Lipinski definition) is 1. The number of likely N-dealkylation sites (tertiary alicyclic amines) is 1. The molecule has 7 nitrogen and oxygen atoms in total. The summed E-state index contributed by atoms with van der Waals surface area (Å²) in [4.78, 5) is 44.0. The van der Waals surface area contributed by atoms with Gasteiger partial charge in [-0.25, -0.2) is 0 Å². The summed E-state index contributed by atoms with van der Waals surface area (Å²) in [5.74, 6) is 0.103. The van der Waals surface area contributed by atoms with Crippen molar-refractivity contribution in [2.24, 2.45) is 0 Å². The molecule has 0 spiro atoms. The van der Waals surface area contributed by atoms with Crippen molar-refractivity contribution >= 4 is 29.3 Å². The monoisotopic (exact) mass is 466 g/mol. The highest BCUT2D eigenvalue weighted by Crippen LogP contribution is 2.49. The average Bonchev–Trinajstić information content (AvgIpc) is 3.48. The molecule has 1 N–H and O–H groups in total. The van der Waals surface area contributed by atoms with E-state index in [4.69, 9.17) is 11.6 Å². The number of nitrogens with zero attached hydrogens (tertiary/aromatic N) is 3. The van der Waals surface area contributed by atoms with Crippen molar-refractivity contribution in [3.8, 4) is 0 Å². The minimum atomic E-state index is -0.959. The molecule has 8 heteroatoms. The maximum Gasteiger partial charge on any atom is 0.256 e. The molecular weight excluding hydrogens is 440 g/mol. The molecule has 2 fully saturated rings. The van der Waals surface area contributed by atoms with Gasteiger partial charge in [-0.15, -0.1) is 0 Å². The second kappa shape index (κ2) is 8.80. The van der Waals surface area contributed by atoms with Crippen molar-refractivity contribution < 1.29 is 14.4 Å². The number of nitrogens with one attached hydrogen (secondary N) is 1. The number of fused-ring (bicyclic) bond motifs is 3. The standard InChI is InChI=1S/C25H27ClN4O3/c26-19-10-8-18(9-11-19)25-21-6-2-1-5-20(21)24(33)30(25)16-15-29(25)23(32)17-27-12-4-14-28-13-3-7-22(28)31/h1-2,5-6,8-11,27H,3-4,7,12-17H2. The van der Waals surface area contributed by atoms with Gasteiger partial charge in [0, 0.05) is 54.3 Å². The molecule has 3 aliphatic rings. The first-order chi connectivity index (χ1) is 16.0. The first-order valence-electron chi connectivity index (χ1n) is 11.5. The van der Waals surface area contributed by atoms with Crippen molar-refractivity contribution in [3.05, 3.63) is 70.2 Å². The van der Waals surface area contributed by atoms with E-state index in [1.807, 2.05) is 46.2 Å². The van der Waals surface area contributed by atoms with E-state index in [-0.39, 0.29) is 24.3 Å². The predicted octanol–water partition coefficient (Wildman–Crippen LogP) is 2.44. The third kappa shape index (κ3) is 3.60. The van der Waals surface area contributed by atoms with Gasteiger partial charge >= 0.3 is 0 Å². The van der Waals surface area contributed by atoms with Crippen LogP contribution in [0.5, 0.6) is 0 Å². The summed E-state index contributed by atoms with van der Waals surface area (Å²) in [6.45, 7) is 3.31. The molecule has 0 aromatic heterocycles. The van der Waals surface area contributed by atoms with Crippen LogP contribution in [0.4, 0.5) is 0 Å². The number of hydrogen-bond acceptors (Lipinski definition) is 4. The highest BCUT2D eigenvalue weighted by atomic mass is 35.5. The number of carbonyl (C=O) groups is 3. The van der Waals surface area contributed by atoms with Crippen molar-refractivity contribution in [3.63, 3.8) is 0 Å². The molecule has 0 saturated carbocycles. The van der Waals surface area contributed by atoms with Crippen LogP contribution < -0.4 is 5.32 Å². The first kappa shape index (κ1) is 21.9. The van der Waals surface area contributed by atoms with E-state index >= 15 is 0 Å².